The Hall–Kier alpha value is -1.13. The van der Waals surface area contributed by atoms with Gasteiger partial charge in [0.25, 0.3) is 0 Å². The maximum absolute atomic E-state index is 5.76. The molecule has 27 heavy (non-hydrogen) atoms. The van der Waals surface area contributed by atoms with Crippen LogP contribution in [0.1, 0.15) is 68.1 Å². The van der Waals surface area contributed by atoms with Crippen molar-refractivity contribution in [1.82, 2.24) is 4.90 Å². The van der Waals surface area contributed by atoms with Crippen molar-refractivity contribution in [2.45, 2.75) is 84.2 Å². The van der Waals surface area contributed by atoms with Gasteiger partial charge in [-0.3, -0.25) is 0 Å². The molecule has 2 N–H and O–H groups in total. The lowest BCUT2D eigenvalue weighted by molar-refractivity contribution is -0.933. The summed E-state index contributed by atoms with van der Waals surface area (Å²) in [5.74, 6) is 0. The van der Waals surface area contributed by atoms with Crippen LogP contribution in [0.3, 0.4) is 0 Å². The van der Waals surface area contributed by atoms with E-state index in [1.807, 2.05) is 0 Å². The summed E-state index contributed by atoms with van der Waals surface area (Å²) < 4.78 is 0. The normalized spacial score (nSPS) is 21.0. The van der Waals surface area contributed by atoms with E-state index in [1.54, 1.807) is 4.90 Å². The van der Waals surface area contributed by atoms with Crippen molar-refractivity contribution < 1.29 is 4.90 Å². The Kier molecular flexibility index (Phi) is 7.16. The van der Waals surface area contributed by atoms with Crippen molar-refractivity contribution >= 4 is 23.0 Å². The highest BCUT2D eigenvalue weighted by Gasteiger charge is 2.31. The summed E-state index contributed by atoms with van der Waals surface area (Å²) >= 11 is 5.76. The van der Waals surface area contributed by atoms with Gasteiger partial charge in [0.2, 0.25) is 0 Å². The van der Waals surface area contributed by atoms with Gasteiger partial charge in [-0.1, -0.05) is 30.5 Å². The Morgan fingerprint density at radius 1 is 0.926 bits per heavy atom. The maximum Gasteiger partial charge on any atom is 0.173 e. The molecule has 1 aromatic carbocycles. The van der Waals surface area contributed by atoms with Crippen molar-refractivity contribution in [3.05, 3.63) is 28.8 Å². The Bertz CT molecular complexity index is 618. The fourth-order valence-electron chi connectivity index (χ4n) is 5.17. The highest BCUT2D eigenvalue weighted by atomic mass is 32.1. The van der Waals surface area contributed by atoms with Gasteiger partial charge in [0.15, 0.2) is 5.11 Å². The van der Waals surface area contributed by atoms with Crippen molar-refractivity contribution in [1.29, 1.82) is 0 Å². The zero-order valence-corrected chi connectivity index (χ0v) is 18.6. The van der Waals surface area contributed by atoms with Crippen LogP contribution in [0.15, 0.2) is 12.1 Å². The Balaban J connectivity index is 1.53. The number of rotatable bonds is 3. The number of hydrogen-bond acceptors (Lipinski definition) is 1. The van der Waals surface area contributed by atoms with E-state index in [0.29, 0.717) is 0 Å². The lowest BCUT2D eigenvalue weighted by Gasteiger charge is -2.38. The average Bonchev–Trinajstić information content (AvgIpc) is 2.93. The Morgan fingerprint density at radius 3 is 2.00 bits per heavy atom. The van der Waals surface area contributed by atoms with Crippen LogP contribution in [0.4, 0.5) is 5.69 Å². The summed E-state index contributed by atoms with van der Waals surface area (Å²) in [6.07, 6.45) is 11.1. The molecule has 1 aliphatic carbocycles. The molecule has 1 atom stereocenters. The van der Waals surface area contributed by atoms with Gasteiger partial charge in [0, 0.05) is 31.6 Å². The second-order valence-corrected chi connectivity index (χ2v) is 9.28. The van der Waals surface area contributed by atoms with Gasteiger partial charge in [-0.15, -0.1) is 0 Å². The number of thiocarbonyl (C=S) groups is 1. The third kappa shape index (κ3) is 5.23. The second-order valence-electron chi connectivity index (χ2n) is 8.90. The topological polar surface area (TPSA) is 19.7 Å². The number of likely N-dealkylation sites (tertiary alicyclic amines) is 1. The number of nitrogens with zero attached hydrogens (tertiary/aromatic N) is 1. The molecular weight excluding hydrogens is 350 g/mol. The molecule has 0 aromatic heterocycles. The summed E-state index contributed by atoms with van der Waals surface area (Å²) in [7, 11) is 2.45. The van der Waals surface area contributed by atoms with E-state index in [2.05, 4.69) is 50.2 Å². The molecule has 3 rings (SSSR count). The molecule has 0 spiro atoms. The first-order valence-corrected chi connectivity index (χ1v) is 11.3. The van der Waals surface area contributed by atoms with Gasteiger partial charge >= 0.3 is 0 Å². The third-order valence-electron chi connectivity index (χ3n) is 6.83. The van der Waals surface area contributed by atoms with Crippen LogP contribution in [0.2, 0.25) is 0 Å². The fraction of sp³-hybridized carbons (Fsp3) is 0.696. The molecule has 0 amide bonds. The fourth-order valence-corrected chi connectivity index (χ4v) is 5.45. The minimum absolute atomic E-state index is 0.801. The number of anilines is 1. The van der Waals surface area contributed by atoms with Crippen LogP contribution in [0, 0.1) is 20.8 Å². The molecular formula is C23H38N3S+. The molecule has 1 saturated carbocycles. The predicted molar refractivity (Wildman–Crippen MR) is 120 cm³/mol. The van der Waals surface area contributed by atoms with Crippen molar-refractivity contribution in [2.24, 2.45) is 0 Å². The lowest BCUT2D eigenvalue weighted by atomic mass is 9.99. The highest BCUT2D eigenvalue weighted by Crippen LogP contribution is 2.23. The van der Waals surface area contributed by atoms with E-state index < -0.39 is 0 Å². The number of benzene rings is 1. The van der Waals surface area contributed by atoms with Gasteiger partial charge in [-0.25, -0.2) is 0 Å². The van der Waals surface area contributed by atoms with Crippen LogP contribution in [-0.4, -0.2) is 42.2 Å². The molecule has 1 unspecified atom stereocenters. The quantitative estimate of drug-likeness (QED) is 0.603. The monoisotopic (exact) mass is 388 g/mol. The minimum atomic E-state index is 0.801. The molecule has 4 heteroatoms. The first-order valence-electron chi connectivity index (χ1n) is 10.9. The van der Waals surface area contributed by atoms with Gasteiger partial charge in [-0.05, 0) is 69.8 Å². The molecule has 3 nitrogen and oxygen atoms in total. The predicted octanol–water partition coefficient (Wildman–Crippen LogP) is 4.01. The van der Waals surface area contributed by atoms with E-state index in [-0.39, 0.29) is 0 Å². The number of aryl methyl sites for hydroxylation is 3. The number of hydrogen-bond donors (Lipinski definition) is 2. The minimum Gasteiger partial charge on any atom is -0.349 e. The van der Waals surface area contributed by atoms with Gasteiger partial charge in [0.05, 0.1) is 19.1 Å². The summed E-state index contributed by atoms with van der Waals surface area (Å²) in [6, 6.07) is 6.15. The van der Waals surface area contributed by atoms with Crippen LogP contribution in [0.25, 0.3) is 0 Å². The smallest absolute Gasteiger partial charge is 0.173 e. The summed E-state index contributed by atoms with van der Waals surface area (Å²) in [5, 5.41) is 4.44. The largest absolute Gasteiger partial charge is 0.349 e. The van der Waals surface area contributed by atoms with Crippen molar-refractivity contribution in [3.63, 3.8) is 0 Å². The number of piperidine rings is 1. The summed E-state index contributed by atoms with van der Waals surface area (Å²) in [5.41, 5.74) is 5.06. The molecule has 0 bridgehead atoms. The lowest BCUT2D eigenvalue weighted by Crippen LogP contribution is -3.17. The molecule has 1 aromatic rings. The van der Waals surface area contributed by atoms with Crippen LogP contribution in [-0.2, 0) is 0 Å². The van der Waals surface area contributed by atoms with Crippen molar-refractivity contribution in [2.75, 3.05) is 25.5 Å². The molecule has 1 saturated heterocycles. The first kappa shape index (κ1) is 20.6. The highest BCUT2D eigenvalue weighted by molar-refractivity contribution is 7.80. The van der Waals surface area contributed by atoms with E-state index in [1.165, 1.54) is 73.7 Å². The zero-order chi connectivity index (χ0) is 19.4. The van der Waals surface area contributed by atoms with Crippen LogP contribution in [0.5, 0.6) is 0 Å². The standard InChI is InChI=1S/C23H37N3S/c1-17-15-18(2)22(19(3)16-17)24-23(27)26-13-11-21(12-14-26)25(4)20-9-7-5-6-8-10-20/h15-16,20-21H,5-14H2,1-4H3,(H,24,27)/p+1. The van der Waals surface area contributed by atoms with E-state index in [0.717, 1.165) is 30.3 Å². The van der Waals surface area contributed by atoms with E-state index in [4.69, 9.17) is 12.2 Å². The number of nitrogens with one attached hydrogen (secondary N) is 2. The Labute approximate surface area is 171 Å². The molecule has 1 aliphatic heterocycles. The van der Waals surface area contributed by atoms with Gasteiger partial charge < -0.3 is 15.1 Å². The average molecular weight is 389 g/mol. The van der Waals surface area contributed by atoms with Gasteiger partial charge in [-0.2, -0.15) is 0 Å². The van der Waals surface area contributed by atoms with E-state index in [9.17, 15) is 0 Å². The number of quaternary nitrogens is 1. The Morgan fingerprint density at radius 2 is 1.44 bits per heavy atom. The second kappa shape index (κ2) is 9.38. The summed E-state index contributed by atoms with van der Waals surface area (Å²) in [6.45, 7) is 8.67. The molecule has 2 fully saturated rings. The van der Waals surface area contributed by atoms with Crippen LogP contribution >= 0.6 is 12.2 Å². The molecule has 0 radical (unpaired) electrons. The summed E-state index contributed by atoms with van der Waals surface area (Å²) in [4.78, 5) is 4.17. The van der Waals surface area contributed by atoms with Crippen molar-refractivity contribution in [3.8, 4) is 0 Å². The maximum atomic E-state index is 5.76. The molecule has 1 heterocycles. The first-order chi connectivity index (χ1) is 13.0. The zero-order valence-electron chi connectivity index (χ0n) is 17.7. The SMILES string of the molecule is Cc1cc(C)c(NC(=S)N2CCC([NH+](C)C3CCCCCC3)CC2)c(C)c1. The third-order valence-corrected chi connectivity index (χ3v) is 7.19. The van der Waals surface area contributed by atoms with Crippen LogP contribution < -0.4 is 10.2 Å². The van der Waals surface area contributed by atoms with Gasteiger partial charge in [0.1, 0.15) is 0 Å². The van der Waals surface area contributed by atoms with E-state index >= 15 is 0 Å². The molecule has 150 valence electrons. The molecule has 2 aliphatic rings.